The number of aryl methyl sites for hydroxylation is 1. The van der Waals surface area contributed by atoms with Crippen molar-refractivity contribution >= 4 is 34.6 Å². The molecule has 0 amide bonds. The van der Waals surface area contributed by atoms with Crippen LogP contribution in [0.15, 0.2) is 48.7 Å². The van der Waals surface area contributed by atoms with E-state index in [2.05, 4.69) is 40.8 Å². The largest absolute Gasteiger partial charge is 0.490 e. The van der Waals surface area contributed by atoms with Crippen LogP contribution in [0.5, 0.6) is 5.75 Å². The Morgan fingerprint density at radius 1 is 1.08 bits per heavy atom. The molecule has 0 radical (unpaired) electrons. The summed E-state index contributed by atoms with van der Waals surface area (Å²) < 4.78 is 13.4. The van der Waals surface area contributed by atoms with E-state index in [4.69, 9.17) is 38.3 Å². The third-order valence-electron chi connectivity index (χ3n) is 7.62. The predicted molar refractivity (Wildman–Crippen MR) is 153 cm³/mol. The molecular formula is C29H35ClN4O2S. The van der Waals surface area contributed by atoms with Gasteiger partial charge in [-0.15, -0.1) is 0 Å². The molecule has 2 aromatic heterocycles. The zero-order valence-corrected chi connectivity index (χ0v) is 23.3. The average molecular weight is 539 g/mol. The minimum absolute atomic E-state index is 0.0673. The standard InChI is InChI=1S/C29H35ClN4O2S/c1-19-17-23(20(2)33(19)21-9-5-4-6-10-21)28-27(25-11-7-8-14-31-25)32-29(37)34(28)22-12-13-26(24(30)18-22)36-16-15-35-3/h7-8,11-14,17-18,21,27-28H,4-6,9-10,15-16H2,1-3H3,(H,32,37). The van der Waals surface area contributed by atoms with Crippen LogP contribution in [0.4, 0.5) is 5.69 Å². The summed E-state index contributed by atoms with van der Waals surface area (Å²) >= 11 is 12.6. The quantitative estimate of drug-likeness (QED) is 0.250. The molecular weight excluding hydrogens is 504 g/mol. The summed E-state index contributed by atoms with van der Waals surface area (Å²) in [5.41, 5.74) is 5.76. The lowest BCUT2D eigenvalue weighted by Crippen LogP contribution is -2.29. The first-order chi connectivity index (χ1) is 18.0. The molecule has 37 heavy (non-hydrogen) atoms. The molecule has 1 saturated heterocycles. The Balaban J connectivity index is 1.56. The fourth-order valence-corrected chi connectivity index (χ4v) is 6.52. The summed E-state index contributed by atoms with van der Waals surface area (Å²) in [5.74, 6) is 0.633. The van der Waals surface area contributed by atoms with Crippen LogP contribution in [-0.4, -0.2) is 35.0 Å². The van der Waals surface area contributed by atoms with Crippen LogP contribution in [-0.2, 0) is 4.74 Å². The number of rotatable bonds is 8. The highest BCUT2D eigenvalue weighted by atomic mass is 35.5. The molecule has 196 valence electrons. The Bertz CT molecular complexity index is 1240. The molecule has 1 aliphatic heterocycles. The number of thiocarbonyl (C=S) groups is 1. The molecule has 1 saturated carbocycles. The summed E-state index contributed by atoms with van der Waals surface area (Å²) in [6.45, 7) is 5.43. The molecule has 3 heterocycles. The highest BCUT2D eigenvalue weighted by Crippen LogP contribution is 2.45. The molecule has 2 fully saturated rings. The van der Waals surface area contributed by atoms with Gasteiger partial charge in [0.15, 0.2) is 5.11 Å². The number of nitrogens with zero attached hydrogens (tertiary/aromatic N) is 3. The average Bonchev–Trinajstić information content (AvgIpc) is 3.41. The van der Waals surface area contributed by atoms with Crippen molar-refractivity contribution in [2.75, 3.05) is 25.2 Å². The van der Waals surface area contributed by atoms with E-state index in [0.717, 1.165) is 11.4 Å². The van der Waals surface area contributed by atoms with Crippen molar-refractivity contribution in [2.45, 2.75) is 64.1 Å². The molecule has 0 spiro atoms. The molecule has 2 atom stereocenters. The number of aromatic nitrogens is 2. The molecule has 6 nitrogen and oxygen atoms in total. The van der Waals surface area contributed by atoms with Gasteiger partial charge in [0.25, 0.3) is 0 Å². The van der Waals surface area contributed by atoms with Crippen LogP contribution in [0.3, 0.4) is 0 Å². The second kappa shape index (κ2) is 11.4. The van der Waals surface area contributed by atoms with Gasteiger partial charge in [0.1, 0.15) is 12.4 Å². The van der Waals surface area contributed by atoms with Gasteiger partial charge in [0.2, 0.25) is 0 Å². The van der Waals surface area contributed by atoms with Gasteiger partial charge in [-0.3, -0.25) is 4.98 Å². The monoisotopic (exact) mass is 538 g/mol. The van der Waals surface area contributed by atoms with Gasteiger partial charge < -0.3 is 24.3 Å². The van der Waals surface area contributed by atoms with E-state index in [1.165, 1.54) is 49.1 Å². The molecule has 2 aliphatic rings. The SMILES string of the molecule is COCCOc1ccc(N2C(=S)NC(c3ccccn3)C2c2cc(C)n(C3CCCCC3)c2C)cc1Cl. The fourth-order valence-electron chi connectivity index (χ4n) is 5.94. The van der Waals surface area contributed by atoms with Crippen LogP contribution < -0.4 is 15.0 Å². The Hall–Kier alpha value is -2.61. The third kappa shape index (κ3) is 5.22. The van der Waals surface area contributed by atoms with Crippen molar-refractivity contribution in [1.82, 2.24) is 14.9 Å². The number of pyridine rings is 1. The molecule has 5 rings (SSSR count). The van der Waals surface area contributed by atoms with Crippen LogP contribution in [0.2, 0.25) is 5.02 Å². The number of hydrogen-bond donors (Lipinski definition) is 1. The van der Waals surface area contributed by atoms with Crippen molar-refractivity contribution in [1.29, 1.82) is 0 Å². The maximum atomic E-state index is 6.67. The molecule has 0 bridgehead atoms. The van der Waals surface area contributed by atoms with Gasteiger partial charge in [-0.2, -0.15) is 0 Å². The van der Waals surface area contributed by atoms with Crippen LogP contribution >= 0.6 is 23.8 Å². The lowest BCUT2D eigenvalue weighted by molar-refractivity contribution is 0.146. The Labute approximate surface area is 229 Å². The van der Waals surface area contributed by atoms with Crippen LogP contribution in [0, 0.1) is 13.8 Å². The highest BCUT2D eigenvalue weighted by Gasteiger charge is 2.42. The number of benzene rings is 1. The van der Waals surface area contributed by atoms with Gasteiger partial charge in [-0.1, -0.05) is 36.9 Å². The zero-order chi connectivity index (χ0) is 25.9. The minimum Gasteiger partial charge on any atom is -0.490 e. The van der Waals surface area contributed by atoms with Crippen molar-refractivity contribution in [3.05, 3.63) is 76.3 Å². The second-order valence-electron chi connectivity index (χ2n) is 9.94. The zero-order valence-electron chi connectivity index (χ0n) is 21.7. The number of ether oxygens (including phenoxy) is 2. The second-order valence-corrected chi connectivity index (χ2v) is 10.7. The number of methoxy groups -OCH3 is 1. The summed E-state index contributed by atoms with van der Waals surface area (Å²) in [6, 6.07) is 14.7. The molecule has 8 heteroatoms. The summed E-state index contributed by atoms with van der Waals surface area (Å²) in [6.07, 6.45) is 8.26. The van der Waals surface area contributed by atoms with Crippen molar-refractivity contribution in [3.63, 3.8) is 0 Å². The Kier molecular flexibility index (Phi) is 8.03. The third-order valence-corrected chi connectivity index (χ3v) is 8.23. The molecule has 1 aliphatic carbocycles. The summed E-state index contributed by atoms with van der Waals surface area (Å²) in [4.78, 5) is 6.89. The number of hydrogen-bond acceptors (Lipinski definition) is 4. The number of nitrogens with one attached hydrogen (secondary N) is 1. The lowest BCUT2D eigenvalue weighted by Gasteiger charge is -2.30. The number of halogens is 1. The van der Waals surface area contributed by atoms with Gasteiger partial charge >= 0.3 is 0 Å². The van der Waals surface area contributed by atoms with Gasteiger partial charge in [-0.25, -0.2) is 0 Å². The van der Waals surface area contributed by atoms with Gasteiger partial charge in [0, 0.05) is 36.4 Å². The first kappa shape index (κ1) is 26.0. The van der Waals surface area contributed by atoms with E-state index < -0.39 is 0 Å². The fraction of sp³-hybridized carbons (Fsp3) is 0.448. The predicted octanol–water partition coefficient (Wildman–Crippen LogP) is 6.86. The Morgan fingerprint density at radius 3 is 2.59 bits per heavy atom. The van der Waals surface area contributed by atoms with E-state index in [1.54, 1.807) is 7.11 Å². The van der Waals surface area contributed by atoms with Crippen LogP contribution in [0.25, 0.3) is 0 Å². The lowest BCUT2D eigenvalue weighted by atomic mass is 9.94. The molecule has 3 aromatic rings. The van der Waals surface area contributed by atoms with E-state index >= 15 is 0 Å². The smallest absolute Gasteiger partial charge is 0.174 e. The van der Waals surface area contributed by atoms with Gasteiger partial charge in [0.05, 0.1) is 29.4 Å². The molecule has 2 unspecified atom stereocenters. The maximum Gasteiger partial charge on any atom is 0.174 e. The summed E-state index contributed by atoms with van der Waals surface area (Å²) in [5, 5.41) is 4.78. The normalized spacial score (nSPS) is 20.3. The molecule has 1 N–H and O–H groups in total. The van der Waals surface area contributed by atoms with Crippen molar-refractivity contribution < 1.29 is 9.47 Å². The van der Waals surface area contributed by atoms with E-state index in [-0.39, 0.29) is 12.1 Å². The van der Waals surface area contributed by atoms with Gasteiger partial charge in [-0.05, 0) is 80.9 Å². The van der Waals surface area contributed by atoms with E-state index in [9.17, 15) is 0 Å². The summed E-state index contributed by atoms with van der Waals surface area (Å²) in [7, 11) is 1.65. The van der Waals surface area contributed by atoms with Crippen molar-refractivity contribution in [2.24, 2.45) is 0 Å². The van der Waals surface area contributed by atoms with E-state index in [1.807, 2.05) is 36.5 Å². The first-order valence-electron chi connectivity index (χ1n) is 13.1. The van der Waals surface area contributed by atoms with Crippen molar-refractivity contribution in [3.8, 4) is 5.75 Å². The first-order valence-corrected chi connectivity index (χ1v) is 13.9. The van der Waals surface area contributed by atoms with E-state index in [0.29, 0.717) is 35.1 Å². The highest BCUT2D eigenvalue weighted by molar-refractivity contribution is 7.80. The maximum absolute atomic E-state index is 6.67. The molecule has 1 aromatic carbocycles. The van der Waals surface area contributed by atoms with Crippen LogP contribution in [0.1, 0.15) is 72.9 Å². The Morgan fingerprint density at radius 2 is 1.89 bits per heavy atom. The minimum atomic E-state index is -0.0922. The topological polar surface area (TPSA) is 51.6 Å². The number of anilines is 1.